The van der Waals surface area contributed by atoms with Gasteiger partial charge >= 0.3 is 0 Å². The maximum atomic E-state index is 12.6. The second-order valence-electron chi connectivity index (χ2n) is 5.44. The van der Waals surface area contributed by atoms with Gasteiger partial charge in [-0.25, -0.2) is 13.1 Å². The number of hydrogen-bond acceptors (Lipinski definition) is 6. The van der Waals surface area contributed by atoms with Gasteiger partial charge in [0.25, 0.3) is 5.91 Å². The highest BCUT2D eigenvalue weighted by atomic mass is 32.2. The van der Waals surface area contributed by atoms with Crippen LogP contribution in [-0.4, -0.2) is 42.7 Å². The molecule has 0 unspecified atom stereocenters. The summed E-state index contributed by atoms with van der Waals surface area (Å²) in [5.41, 5.74) is 0.770. The first-order valence-electron chi connectivity index (χ1n) is 7.97. The molecule has 9 heteroatoms. The molecule has 0 radical (unpaired) electrons. The van der Waals surface area contributed by atoms with Crippen LogP contribution in [0.4, 0.5) is 0 Å². The van der Waals surface area contributed by atoms with Gasteiger partial charge in [-0.1, -0.05) is 6.07 Å². The summed E-state index contributed by atoms with van der Waals surface area (Å²) >= 11 is 0. The summed E-state index contributed by atoms with van der Waals surface area (Å²) in [5, 5.41) is 2.46. The number of rotatable bonds is 8. The molecule has 0 aliphatic rings. The summed E-state index contributed by atoms with van der Waals surface area (Å²) < 4.78 is 43.3. The molecule has 27 heavy (non-hydrogen) atoms. The highest BCUT2D eigenvalue weighted by molar-refractivity contribution is 7.89. The Morgan fingerprint density at radius 3 is 2.26 bits per heavy atom. The van der Waals surface area contributed by atoms with E-state index in [1.165, 1.54) is 46.6 Å². The maximum absolute atomic E-state index is 12.6. The van der Waals surface area contributed by atoms with Gasteiger partial charge in [0.05, 0.1) is 31.8 Å². The van der Waals surface area contributed by atoms with Gasteiger partial charge in [-0.3, -0.25) is 4.79 Å². The van der Waals surface area contributed by atoms with Crippen LogP contribution in [0.25, 0.3) is 0 Å². The quantitative estimate of drug-likeness (QED) is 0.704. The molecule has 1 amide bonds. The minimum absolute atomic E-state index is 0.0108. The van der Waals surface area contributed by atoms with Crippen molar-refractivity contribution in [1.29, 1.82) is 0 Å². The Bertz CT molecular complexity index is 927. The van der Waals surface area contributed by atoms with Crippen molar-refractivity contribution in [3.05, 3.63) is 47.5 Å². The van der Waals surface area contributed by atoms with Gasteiger partial charge < -0.3 is 19.5 Å². The van der Waals surface area contributed by atoms with Crippen molar-refractivity contribution >= 4 is 15.9 Å². The fourth-order valence-electron chi connectivity index (χ4n) is 2.42. The third-order valence-electron chi connectivity index (χ3n) is 3.90. The van der Waals surface area contributed by atoms with E-state index in [2.05, 4.69) is 10.0 Å². The van der Waals surface area contributed by atoms with Crippen molar-refractivity contribution in [3.8, 4) is 17.2 Å². The van der Waals surface area contributed by atoms with E-state index in [1.807, 2.05) is 0 Å². The number of hydrogen-bond donors (Lipinski definition) is 2. The van der Waals surface area contributed by atoms with Crippen LogP contribution in [-0.2, 0) is 16.6 Å². The number of carbonyl (C=O) groups excluding carboxylic acids is 1. The normalized spacial score (nSPS) is 11.0. The predicted molar refractivity (Wildman–Crippen MR) is 100.0 cm³/mol. The molecule has 0 aliphatic carbocycles. The molecule has 0 fully saturated rings. The molecule has 0 bridgehead atoms. The predicted octanol–water partition coefficient (Wildman–Crippen LogP) is 1.55. The van der Waals surface area contributed by atoms with Gasteiger partial charge in [-0.05, 0) is 24.3 Å². The first-order chi connectivity index (χ1) is 12.9. The van der Waals surface area contributed by atoms with Gasteiger partial charge in [0, 0.05) is 25.2 Å². The van der Waals surface area contributed by atoms with E-state index in [0.29, 0.717) is 17.1 Å². The van der Waals surface area contributed by atoms with E-state index in [0.717, 1.165) is 0 Å². The molecule has 2 rings (SSSR count). The SMILES string of the molecule is CNC(=O)c1cc(S(=O)(=O)NCc2ccc(OC)cc2OC)ccc1OC. The number of sulfonamides is 1. The Morgan fingerprint density at radius 2 is 1.67 bits per heavy atom. The van der Waals surface area contributed by atoms with Crippen molar-refractivity contribution in [3.63, 3.8) is 0 Å². The zero-order valence-corrected chi connectivity index (χ0v) is 16.3. The molecule has 0 saturated heterocycles. The minimum atomic E-state index is -3.86. The molecule has 2 aromatic carbocycles. The standard InChI is InChI=1S/C18H22N2O6S/c1-19-18(21)15-10-14(7-8-16(15)25-3)27(22,23)20-11-12-5-6-13(24-2)9-17(12)26-4/h5-10,20H,11H2,1-4H3,(H,19,21). The van der Waals surface area contributed by atoms with Crippen LogP contribution in [0.15, 0.2) is 41.3 Å². The van der Waals surface area contributed by atoms with Gasteiger partial charge in [0.2, 0.25) is 10.0 Å². The molecule has 2 aromatic rings. The lowest BCUT2D eigenvalue weighted by Crippen LogP contribution is -2.25. The lowest BCUT2D eigenvalue weighted by molar-refractivity contribution is 0.0960. The second kappa shape index (κ2) is 8.74. The fourth-order valence-corrected chi connectivity index (χ4v) is 3.45. The van der Waals surface area contributed by atoms with Gasteiger partial charge in [0.1, 0.15) is 17.2 Å². The van der Waals surface area contributed by atoms with E-state index >= 15 is 0 Å². The first kappa shape index (κ1) is 20.5. The molecule has 8 nitrogen and oxygen atoms in total. The summed E-state index contributed by atoms with van der Waals surface area (Å²) in [6.07, 6.45) is 0. The largest absolute Gasteiger partial charge is 0.497 e. The number of carbonyl (C=O) groups is 1. The molecule has 2 N–H and O–H groups in total. The zero-order chi connectivity index (χ0) is 20.0. The van der Waals surface area contributed by atoms with Crippen molar-refractivity contribution in [2.45, 2.75) is 11.4 Å². The average molecular weight is 394 g/mol. The van der Waals surface area contributed by atoms with E-state index in [-0.39, 0.29) is 22.8 Å². The molecule has 0 spiro atoms. The van der Waals surface area contributed by atoms with Crippen LogP contribution < -0.4 is 24.2 Å². The lowest BCUT2D eigenvalue weighted by Gasteiger charge is -2.13. The van der Waals surface area contributed by atoms with E-state index in [1.54, 1.807) is 18.2 Å². The number of ether oxygens (including phenoxy) is 3. The number of benzene rings is 2. The Hall–Kier alpha value is -2.78. The molecular weight excluding hydrogens is 372 g/mol. The molecule has 146 valence electrons. The number of amides is 1. The van der Waals surface area contributed by atoms with Gasteiger partial charge in [0.15, 0.2) is 0 Å². The third-order valence-corrected chi connectivity index (χ3v) is 5.30. The molecule has 0 saturated carbocycles. The Labute approximate surface area is 158 Å². The van der Waals surface area contributed by atoms with Crippen LogP contribution in [0, 0.1) is 0 Å². The van der Waals surface area contributed by atoms with Gasteiger partial charge in [-0.15, -0.1) is 0 Å². The average Bonchev–Trinajstić information content (AvgIpc) is 2.70. The van der Waals surface area contributed by atoms with E-state index < -0.39 is 15.9 Å². The number of nitrogens with one attached hydrogen (secondary N) is 2. The summed E-state index contributed by atoms with van der Waals surface area (Å²) in [4.78, 5) is 11.9. The molecule has 0 heterocycles. The molecular formula is C18H22N2O6S. The summed E-state index contributed by atoms with van der Waals surface area (Å²) in [6, 6.07) is 9.17. The zero-order valence-electron chi connectivity index (χ0n) is 15.5. The first-order valence-corrected chi connectivity index (χ1v) is 9.45. The topological polar surface area (TPSA) is 103 Å². The molecule has 0 atom stereocenters. The van der Waals surface area contributed by atoms with Crippen LogP contribution in [0.5, 0.6) is 17.2 Å². The van der Waals surface area contributed by atoms with Crippen LogP contribution in [0.3, 0.4) is 0 Å². The molecule has 0 aliphatic heterocycles. The summed E-state index contributed by atoms with van der Waals surface area (Å²) in [6.45, 7) is 0.0108. The number of methoxy groups -OCH3 is 3. The third kappa shape index (κ3) is 4.69. The lowest BCUT2D eigenvalue weighted by atomic mass is 10.2. The van der Waals surface area contributed by atoms with Crippen LogP contribution >= 0.6 is 0 Å². The monoisotopic (exact) mass is 394 g/mol. The Balaban J connectivity index is 2.28. The van der Waals surface area contributed by atoms with Crippen molar-refractivity contribution in [1.82, 2.24) is 10.0 Å². The fraction of sp³-hybridized carbons (Fsp3) is 0.278. The van der Waals surface area contributed by atoms with Crippen molar-refractivity contribution < 1.29 is 27.4 Å². The summed E-state index contributed by atoms with van der Waals surface area (Å²) in [7, 11) is 2.03. The van der Waals surface area contributed by atoms with Crippen LogP contribution in [0.2, 0.25) is 0 Å². The Kier molecular flexibility index (Phi) is 6.65. The van der Waals surface area contributed by atoms with Crippen molar-refractivity contribution in [2.24, 2.45) is 0 Å². The highest BCUT2D eigenvalue weighted by Gasteiger charge is 2.20. The van der Waals surface area contributed by atoms with E-state index in [9.17, 15) is 13.2 Å². The highest BCUT2D eigenvalue weighted by Crippen LogP contribution is 2.26. The maximum Gasteiger partial charge on any atom is 0.254 e. The second-order valence-corrected chi connectivity index (χ2v) is 7.21. The molecule has 0 aromatic heterocycles. The van der Waals surface area contributed by atoms with E-state index in [4.69, 9.17) is 14.2 Å². The minimum Gasteiger partial charge on any atom is -0.497 e. The van der Waals surface area contributed by atoms with Gasteiger partial charge in [-0.2, -0.15) is 0 Å². The van der Waals surface area contributed by atoms with Crippen molar-refractivity contribution in [2.75, 3.05) is 28.4 Å². The van der Waals surface area contributed by atoms with Crippen LogP contribution in [0.1, 0.15) is 15.9 Å². The summed E-state index contributed by atoms with van der Waals surface area (Å²) in [5.74, 6) is 0.938. The smallest absolute Gasteiger partial charge is 0.254 e. The Morgan fingerprint density at radius 1 is 0.963 bits per heavy atom.